The number of rotatable bonds is 9. The second-order valence-electron chi connectivity index (χ2n) is 8.88. The monoisotopic (exact) mass is 582 g/mol. The van der Waals surface area contributed by atoms with Crippen molar-refractivity contribution in [3.05, 3.63) is 94.5 Å². The minimum Gasteiger partial charge on any atom is -0.489 e. The lowest BCUT2D eigenvalue weighted by Gasteiger charge is -2.44. The fraction of sp³-hybridized carbons (Fsp3) is 0.269. The number of ether oxygens (including phenoxy) is 3. The summed E-state index contributed by atoms with van der Waals surface area (Å²) in [4.78, 5) is 12.5. The molecule has 3 aromatic rings. The van der Waals surface area contributed by atoms with Crippen LogP contribution in [0.1, 0.15) is 24.0 Å². The standard InChI is InChI=1S/C26H25ClF2N2O7S/c1-36-26(18-3-6-19(28)7-4-18)13-12-25(16-38-26,24(32)30-33)31-39(34,35)22-10-8-21(9-11-22)37-15-17-2-5-20(29)14-23(17)27/h2-11,14,31,33H,12-13,15-16H2,1H3,(H,30,32). The van der Waals surface area contributed by atoms with E-state index in [1.54, 1.807) is 0 Å². The summed E-state index contributed by atoms with van der Waals surface area (Å²) in [6, 6.07) is 14.6. The molecule has 13 heteroatoms. The summed E-state index contributed by atoms with van der Waals surface area (Å²) >= 11 is 6.00. The van der Waals surface area contributed by atoms with Gasteiger partial charge in [0.05, 0.1) is 16.5 Å². The number of carbonyl (C=O) groups excluding carboxylic acids is 1. The highest BCUT2D eigenvalue weighted by molar-refractivity contribution is 7.89. The van der Waals surface area contributed by atoms with Crippen LogP contribution in [0, 0.1) is 11.6 Å². The highest BCUT2D eigenvalue weighted by Crippen LogP contribution is 2.40. The van der Waals surface area contributed by atoms with E-state index < -0.39 is 45.5 Å². The Morgan fingerprint density at radius 3 is 2.28 bits per heavy atom. The van der Waals surface area contributed by atoms with Gasteiger partial charge < -0.3 is 14.2 Å². The van der Waals surface area contributed by atoms with E-state index in [0.717, 1.165) is 6.07 Å². The van der Waals surface area contributed by atoms with Crippen molar-refractivity contribution in [2.24, 2.45) is 0 Å². The van der Waals surface area contributed by atoms with Gasteiger partial charge in [-0.2, -0.15) is 4.72 Å². The Bertz CT molecular complexity index is 1430. The average molecular weight is 583 g/mol. The van der Waals surface area contributed by atoms with Crippen molar-refractivity contribution in [3.63, 3.8) is 0 Å². The molecule has 3 aromatic carbocycles. The Morgan fingerprint density at radius 1 is 1.05 bits per heavy atom. The molecule has 0 radical (unpaired) electrons. The number of benzene rings is 3. The molecule has 1 fully saturated rings. The highest BCUT2D eigenvalue weighted by atomic mass is 35.5. The van der Waals surface area contributed by atoms with Crippen molar-refractivity contribution in [3.8, 4) is 5.75 Å². The van der Waals surface area contributed by atoms with Crippen LogP contribution >= 0.6 is 11.6 Å². The summed E-state index contributed by atoms with van der Waals surface area (Å²) in [5.41, 5.74) is 0.647. The topological polar surface area (TPSA) is 123 Å². The van der Waals surface area contributed by atoms with Crippen molar-refractivity contribution in [1.29, 1.82) is 0 Å². The molecule has 3 N–H and O–H groups in total. The van der Waals surface area contributed by atoms with Crippen LogP contribution in [0.4, 0.5) is 8.78 Å². The predicted octanol–water partition coefficient (Wildman–Crippen LogP) is 4.03. The number of hydrogen-bond acceptors (Lipinski definition) is 7. The van der Waals surface area contributed by atoms with Gasteiger partial charge in [-0.15, -0.1) is 0 Å². The maximum Gasteiger partial charge on any atom is 0.267 e. The third-order valence-electron chi connectivity index (χ3n) is 6.46. The zero-order chi connectivity index (χ0) is 28.3. The number of hydrogen-bond donors (Lipinski definition) is 3. The second kappa shape index (κ2) is 11.5. The SMILES string of the molecule is COC1(c2ccc(F)cc2)CCC(NS(=O)(=O)c2ccc(OCc3ccc(F)cc3Cl)cc2)(C(=O)NO)CO1. The molecule has 1 heterocycles. The van der Waals surface area contributed by atoms with Gasteiger partial charge >= 0.3 is 0 Å². The zero-order valence-electron chi connectivity index (χ0n) is 20.6. The molecule has 1 amide bonds. The van der Waals surface area contributed by atoms with Crippen LogP contribution in [-0.4, -0.2) is 38.8 Å². The lowest BCUT2D eigenvalue weighted by Crippen LogP contribution is -2.64. The molecule has 208 valence electrons. The normalized spacial score (nSPS) is 21.4. The van der Waals surface area contributed by atoms with Crippen LogP contribution in [0.25, 0.3) is 0 Å². The van der Waals surface area contributed by atoms with Gasteiger partial charge in [-0.1, -0.05) is 29.8 Å². The molecule has 0 aromatic heterocycles. The van der Waals surface area contributed by atoms with Crippen molar-refractivity contribution in [2.75, 3.05) is 13.7 Å². The van der Waals surface area contributed by atoms with Crippen molar-refractivity contribution in [1.82, 2.24) is 10.2 Å². The second-order valence-corrected chi connectivity index (χ2v) is 11.0. The maximum atomic E-state index is 13.4. The molecule has 4 rings (SSSR count). The van der Waals surface area contributed by atoms with E-state index in [1.165, 1.54) is 73.3 Å². The third kappa shape index (κ3) is 6.21. The van der Waals surface area contributed by atoms with E-state index in [1.807, 2.05) is 0 Å². The average Bonchev–Trinajstić information content (AvgIpc) is 2.93. The molecule has 1 aliphatic rings. The van der Waals surface area contributed by atoms with Gasteiger partial charge in [-0.3, -0.25) is 10.0 Å². The largest absolute Gasteiger partial charge is 0.489 e. The van der Waals surface area contributed by atoms with Crippen LogP contribution in [0.2, 0.25) is 5.02 Å². The van der Waals surface area contributed by atoms with Crippen molar-refractivity contribution < 1.29 is 41.4 Å². The van der Waals surface area contributed by atoms with Crippen LogP contribution in [0.5, 0.6) is 5.75 Å². The Kier molecular flexibility index (Phi) is 8.54. The first-order valence-corrected chi connectivity index (χ1v) is 13.5. The molecule has 2 unspecified atom stereocenters. The molecular formula is C26H25ClF2N2O7S. The summed E-state index contributed by atoms with van der Waals surface area (Å²) in [7, 11) is -2.92. The molecule has 39 heavy (non-hydrogen) atoms. The third-order valence-corrected chi connectivity index (χ3v) is 8.36. The molecular weight excluding hydrogens is 558 g/mol. The van der Waals surface area contributed by atoms with Crippen LogP contribution < -0.4 is 14.9 Å². The molecule has 0 spiro atoms. The number of nitrogens with one attached hydrogen (secondary N) is 2. The van der Waals surface area contributed by atoms with E-state index in [0.29, 0.717) is 16.9 Å². The summed E-state index contributed by atoms with van der Waals surface area (Å²) in [5, 5.41) is 9.56. The minimum atomic E-state index is -4.29. The molecule has 0 saturated carbocycles. The van der Waals surface area contributed by atoms with E-state index in [-0.39, 0.29) is 29.4 Å². The highest BCUT2D eigenvalue weighted by Gasteiger charge is 2.51. The van der Waals surface area contributed by atoms with E-state index >= 15 is 0 Å². The Morgan fingerprint density at radius 2 is 1.72 bits per heavy atom. The molecule has 0 bridgehead atoms. The van der Waals surface area contributed by atoms with Gasteiger partial charge in [0.15, 0.2) is 5.79 Å². The molecule has 1 aliphatic heterocycles. The van der Waals surface area contributed by atoms with Crippen LogP contribution in [0.15, 0.2) is 71.6 Å². The maximum absolute atomic E-state index is 13.4. The molecule has 0 aliphatic carbocycles. The Hall–Kier alpha value is -3.13. The van der Waals surface area contributed by atoms with Crippen LogP contribution in [0.3, 0.4) is 0 Å². The first kappa shape index (κ1) is 28.9. The fourth-order valence-electron chi connectivity index (χ4n) is 4.22. The van der Waals surface area contributed by atoms with Gasteiger partial charge in [-0.25, -0.2) is 22.7 Å². The molecule has 9 nitrogen and oxygen atoms in total. The first-order valence-electron chi connectivity index (χ1n) is 11.6. The summed E-state index contributed by atoms with van der Waals surface area (Å²) in [5.74, 6) is -3.00. The van der Waals surface area contributed by atoms with E-state index in [2.05, 4.69) is 4.72 Å². The van der Waals surface area contributed by atoms with Crippen LogP contribution in [-0.2, 0) is 36.7 Å². The number of methoxy groups -OCH3 is 1. The Labute approximate surface area is 228 Å². The summed E-state index contributed by atoms with van der Waals surface area (Å²) in [6.45, 7) is -0.473. The number of carbonyl (C=O) groups is 1. The molecule has 1 saturated heterocycles. The molecule has 2 atom stereocenters. The fourth-order valence-corrected chi connectivity index (χ4v) is 5.82. The quantitative estimate of drug-likeness (QED) is 0.257. The van der Waals surface area contributed by atoms with Gasteiger partial charge in [-0.05, 0) is 55.0 Å². The van der Waals surface area contributed by atoms with Gasteiger partial charge in [0.1, 0.15) is 29.5 Å². The van der Waals surface area contributed by atoms with Gasteiger partial charge in [0.2, 0.25) is 10.0 Å². The number of hydroxylamine groups is 1. The number of amides is 1. The van der Waals surface area contributed by atoms with Crippen molar-refractivity contribution >= 4 is 27.5 Å². The van der Waals surface area contributed by atoms with Gasteiger partial charge in [0, 0.05) is 24.7 Å². The lowest BCUT2D eigenvalue weighted by atomic mass is 9.86. The number of sulfonamides is 1. The summed E-state index contributed by atoms with van der Waals surface area (Å²) in [6.07, 6.45) is -0.118. The summed E-state index contributed by atoms with van der Waals surface area (Å²) < 4.78 is 72.5. The minimum absolute atomic E-state index is 0.00377. The smallest absolute Gasteiger partial charge is 0.267 e. The van der Waals surface area contributed by atoms with E-state index in [4.69, 9.17) is 25.8 Å². The van der Waals surface area contributed by atoms with E-state index in [9.17, 15) is 27.2 Å². The van der Waals surface area contributed by atoms with Gasteiger partial charge in [0.25, 0.3) is 5.91 Å². The number of halogens is 3. The lowest BCUT2D eigenvalue weighted by molar-refractivity contribution is -0.264. The zero-order valence-corrected chi connectivity index (χ0v) is 22.2. The van der Waals surface area contributed by atoms with Crippen molar-refractivity contribution in [2.45, 2.75) is 35.7 Å². The Balaban J connectivity index is 1.49. The predicted molar refractivity (Wildman–Crippen MR) is 135 cm³/mol. The first-order chi connectivity index (χ1) is 18.5.